The third-order valence-corrected chi connectivity index (χ3v) is 4.92. The van der Waals surface area contributed by atoms with Gasteiger partial charge in [-0.15, -0.1) is 0 Å². The number of methoxy groups -OCH3 is 1. The Morgan fingerprint density at radius 2 is 1.97 bits per heavy atom. The summed E-state index contributed by atoms with van der Waals surface area (Å²) in [4.78, 5) is 23.7. The predicted molar refractivity (Wildman–Crippen MR) is 98.8 cm³/mol. The molecule has 0 fully saturated rings. The average molecular weight is 411 g/mol. The lowest BCUT2D eigenvalue weighted by Crippen LogP contribution is -2.28. The molecule has 1 aromatic heterocycles. The Labute approximate surface area is 164 Å². The van der Waals surface area contributed by atoms with Crippen molar-refractivity contribution in [2.45, 2.75) is 32.5 Å². The summed E-state index contributed by atoms with van der Waals surface area (Å²) in [6.45, 7) is 2.44. The molecule has 0 radical (unpaired) electrons. The Kier molecular flexibility index (Phi) is 5.34. The molecule has 29 heavy (non-hydrogen) atoms. The van der Waals surface area contributed by atoms with Gasteiger partial charge in [-0.1, -0.05) is 13.8 Å². The molecule has 3 rings (SSSR count). The highest BCUT2D eigenvalue weighted by molar-refractivity contribution is 5.87. The topological polar surface area (TPSA) is 77.8 Å². The maximum atomic E-state index is 12.6. The molecule has 9 heteroatoms. The fourth-order valence-electron chi connectivity index (χ4n) is 3.52. The van der Waals surface area contributed by atoms with Gasteiger partial charge in [-0.25, -0.2) is 4.79 Å². The number of alkyl halides is 3. The van der Waals surface area contributed by atoms with Crippen LogP contribution in [-0.4, -0.2) is 35.5 Å². The van der Waals surface area contributed by atoms with Crippen molar-refractivity contribution < 1.29 is 32.5 Å². The van der Waals surface area contributed by atoms with Gasteiger partial charge in [0.2, 0.25) is 0 Å². The SMILES string of the molecule is COc1cc2c(cc1OCC(F)(F)F)C[C@@H](C(C)C)n1cc(C(=O)O)c(=O)cc1-2. The van der Waals surface area contributed by atoms with Crippen LogP contribution in [0.5, 0.6) is 11.5 Å². The molecule has 2 aromatic rings. The van der Waals surface area contributed by atoms with E-state index in [2.05, 4.69) is 0 Å². The Morgan fingerprint density at radius 1 is 1.28 bits per heavy atom. The number of hydrogen-bond donors (Lipinski definition) is 1. The van der Waals surface area contributed by atoms with Crippen molar-refractivity contribution in [1.29, 1.82) is 0 Å². The molecule has 1 atom stereocenters. The maximum absolute atomic E-state index is 12.6. The van der Waals surface area contributed by atoms with Crippen molar-refractivity contribution in [2.24, 2.45) is 5.92 Å². The highest BCUT2D eigenvalue weighted by Gasteiger charge is 2.31. The van der Waals surface area contributed by atoms with Gasteiger partial charge in [-0.2, -0.15) is 13.2 Å². The van der Waals surface area contributed by atoms with Crippen LogP contribution >= 0.6 is 0 Å². The number of carboxylic acids is 1. The second-order valence-electron chi connectivity index (χ2n) is 7.23. The van der Waals surface area contributed by atoms with Crippen LogP contribution in [0, 0.1) is 5.92 Å². The van der Waals surface area contributed by atoms with E-state index in [-0.39, 0.29) is 29.0 Å². The second kappa shape index (κ2) is 7.46. The first-order valence-electron chi connectivity index (χ1n) is 8.92. The van der Waals surface area contributed by atoms with Crippen LogP contribution in [0.4, 0.5) is 13.2 Å². The lowest BCUT2D eigenvalue weighted by atomic mass is 9.87. The molecular weight excluding hydrogens is 391 g/mol. The Morgan fingerprint density at radius 3 is 2.52 bits per heavy atom. The molecule has 6 nitrogen and oxygen atoms in total. The van der Waals surface area contributed by atoms with Gasteiger partial charge in [0.15, 0.2) is 23.5 Å². The van der Waals surface area contributed by atoms with E-state index in [1.807, 2.05) is 13.8 Å². The van der Waals surface area contributed by atoms with E-state index in [1.54, 1.807) is 4.57 Å². The van der Waals surface area contributed by atoms with Crippen LogP contribution in [0.3, 0.4) is 0 Å². The molecule has 0 unspecified atom stereocenters. The Bertz CT molecular complexity index is 1010. The molecular formula is C20H20F3NO5. The molecule has 0 saturated carbocycles. The van der Waals surface area contributed by atoms with Crippen LogP contribution in [0.25, 0.3) is 11.3 Å². The molecule has 2 heterocycles. The van der Waals surface area contributed by atoms with Crippen LogP contribution in [0.15, 0.2) is 29.2 Å². The third kappa shape index (κ3) is 4.08. The first-order valence-corrected chi connectivity index (χ1v) is 8.92. The summed E-state index contributed by atoms with van der Waals surface area (Å²) in [5, 5.41) is 9.29. The average Bonchev–Trinajstić information content (AvgIpc) is 2.63. The van der Waals surface area contributed by atoms with E-state index < -0.39 is 24.2 Å². The standard InChI is InChI=1S/C20H20F3NO5/c1-10(2)14-4-11-5-18(29-9-20(21,22)23)17(28-3)6-12(11)15-7-16(25)13(19(26)27)8-24(14)15/h5-8,10,14H,4,9H2,1-3H3,(H,26,27)/t14-/m0/s1. The van der Waals surface area contributed by atoms with E-state index in [9.17, 15) is 27.9 Å². The highest BCUT2D eigenvalue weighted by Crippen LogP contribution is 2.43. The zero-order chi connectivity index (χ0) is 21.5. The number of carbonyl (C=O) groups is 1. The number of fused-ring (bicyclic) bond motifs is 3. The van der Waals surface area contributed by atoms with E-state index >= 15 is 0 Å². The van der Waals surface area contributed by atoms with E-state index in [0.717, 1.165) is 0 Å². The van der Waals surface area contributed by atoms with Gasteiger partial charge >= 0.3 is 12.1 Å². The van der Waals surface area contributed by atoms with E-state index in [4.69, 9.17) is 9.47 Å². The number of carboxylic acid groups (broad SMARTS) is 1. The van der Waals surface area contributed by atoms with Crippen LogP contribution in [0.1, 0.15) is 35.8 Å². The minimum absolute atomic E-state index is 0.0379. The van der Waals surface area contributed by atoms with Crippen molar-refractivity contribution >= 4 is 5.97 Å². The maximum Gasteiger partial charge on any atom is 0.422 e. The third-order valence-electron chi connectivity index (χ3n) is 4.92. The van der Waals surface area contributed by atoms with Crippen molar-refractivity contribution in [3.8, 4) is 22.8 Å². The highest BCUT2D eigenvalue weighted by atomic mass is 19.4. The van der Waals surface area contributed by atoms with Crippen LogP contribution < -0.4 is 14.9 Å². The minimum Gasteiger partial charge on any atom is -0.493 e. The number of ether oxygens (including phenoxy) is 2. The molecule has 0 amide bonds. The Balaban J connectivity index is 2.18. The van der Waals surface area contributed by atoms with Gasteiger partial charge < -0.3 is 19.1 Å². The Hall–Kier alpha value is -2.97. The van der Waals surface area contributed by atoms with Crippen molar-refractivity contribution in [3.05, 3.63) is 45.7 Å². The fourth-order valence-corrected chi connectivity index (χ4v) is 3.52. The van der Waals surface area contributed by atoms with Crippen molar-refractivity contribution in [3.63, 3.8) is 0 Å². The minimum atomic E-state index is -4.49. The van der Waals surface area contributed by atoms with Gasteiger partial charge in [0.05, 0.1) is 12.8 Å². The number of hydrogen-bond acceptors (Lipinski definition) is 4. The summed E-state index contributed by atoms with van der Waals surface area (Å²) < 4.78 is 49.6. The molecule has 1 N–H and O–H groups in total. The summed E-state index contributed by atoms with van der Waals surface area (Å²) in [6.07, 6.45) is -2.73. The molecule has 1 aliphatic heterocycles. The molecule has 0 spiro atoms. The van der Waals surface area contributed by atoms with Crippen molar-refractivity contribution in [1.82, 2.24) is 4.57 Å². The first-order chi connectivity index (χ1) is 13.5. The summed E-state index contributed by atoms with van der Waals surface area (Å²) in [5.41, 5.74) is 0.798. The molecule has 0 aliphatic carbocycles. The van der Waals surface area contributed by atoms with Gasteiger partial charge in [0.1, 0.15) is 5.56 Å². The molecule has 0 saturated heterocycles. The monoisotopic (exact) mass is 411 g/mol. The summed E-state index contributed by atoms with van der Waals surface area (Å²) in [5.74, 6) is -1.18. The van der Waals surface area contributed by atoms with Gasteiger partial charge in [-0.3, -0.25) is 4.79 Å². The second-order valence-corrected chi connectivity index (χ2v) is 7.23. The van der Waals surface area contributed by atoms with Crippen LogP contribution in [-0.2, 0) is 6.42 Å². The zero-order valence-corrected chi connectivity index (χ0v) is 16.0. The fraction of sp³-hybridized carbons (Fsp3) is 0.400. The van der Waals surface area contributed by atoms with Gasteiger partial charge in [0.25, 0.3) is 0 Å². The molecule has 0 bridgehead atoms. The smallest absolute Gasteiger partial charge is 0.422 e. The van der Waals surface area contributed by atoms with Crippen molar-refractivity contribution in [2.75, 3.05) is 13.7 Å². The summed E-state index contributed by atoms with van der Waals surface area (Å²) in [6, 6.07) is 4.07. The number of halogens is 3. The largest absolute Gasteiger partial charge is 0.493 e. The number of rotatable bonds is 5. The summed E-state index contributed by atoms with van der Waals surface area (Å²) in [7, 11) is 1.31. The van der Waals surface area contributed by atoms with Gasteiger partial charge in [0, 0.05) is 23.9 Å². The number of aromatic carboxylic acids is 1. The molecule has 1 aromatic carbocycles. The van der Waals surface area contributed by atoms with Gasteiger partial charge in [-0.05, 0) is 30.0 Å². The van der Waals surface area contributed by atoms with E-state index in [1.165, 1.54) is 31.5 Å². The number of nitrogens with zero attached hydrogens (tertiary/aromatic N) is 1. The normalized spacial score (nSPS) is 15.6. The van der Waals surface area contributed by atoms with Crippen LogP contribution in [0.2, 0.25) is 0 Å². The molecule has 1 aliphatic rings. The number of pyridine rings is 1. The lowest BCUT2D eigenvalue weighted by Gasteiger charge is -2.33. The zero-order valence-electron chi connectivity index (χ0n) is 16.0. The molecule has 156 valence electrons. The lowest BCUT2D eigenvalue weighted by molar-refractivity contribution is -0.153. The van der Waals surface area contributed by atoms with E-state index in [0.29, 0.717) is 23.2 Å². The number of benzene rings is 1. The first kappa shape index (κ1) is 20.8. The predicted octanol–water partition coefficient (Wildman–Crippen LogP) is 3.92. The quantitative estimate of drug-likeness (QED) is 0.807. The summed E-state index contributed by atoms with van der Waals surface area (Å²) >= 11 is 0. The number of aromatic nitrogens is 1.